The fourth-order valence-corrected chi connectivity index (χ4v) is 1.28. The number of rotatable bonds is 2. The molecule has 0 saturated heterocycles. The Hall–Kier alpha value is -1.98. The fraction of sp³-hybridized carbons (Fsp3) is 0.400. The Morgan fingerprint density at radius 1 is 1.31 bits per heavy atom. The average molecular weight is 225 g/mol. The van der Waals surface area contributed by atoms with Crippen LogP contribution in [0.3, 0.4) is 0 Å². The molecule has 0 bridgehead atoms. The van der Waals surface area contributed by atoms with E-state index in [4.69, 9.17) is 0 Å². The van der Waals surface area contributed by atoms with Crippen molar-refractivity contribution in [2.24, 2.45) is 10.9 Å². The third kappa shape index (κ3) is 2.16. The van der Waals surface area contributed by atoms with Crippen LogP contribution in [0.4, 0.5) is 0 Å². The van der Waals surface area contributed by atoms with Gasteiger partial charge in [0.1, 0.15) is 0 Å². The molecular weight excluding hydrogens is 214 g/mol. The minimum absolute atomic E-state index is 0.109. The second-order valence-electron chi connectivity index (χ2n) is 3.11. The quantitative estimate of drug-likeness (QED) is 0.483. The Labute approximate surface area is 91.9 Å². The average Bonchev–Trinajstić information content (AvgIpc) is 2.27. The molecule has 1 aliphatic rings. The van der Waals surface area contributed by atoms with Crippen molar-refractivity contribution in [3.05, 3.63) is 11.6 Å². The summed E-state index contributed by atoms with van der Waals surface area (Å²) in [5.74, 6) is -3.19. The Balaban J connectivity index is 3.08. The molecule has 0 aliphatic carbocycles. The predicted octanol–water partition coefficient (Wildman–Crippen LogP) is -0.124. The molecule has 0 aromatic rings. The van der Waals surface area contributed by atoms with Crippen LogP contribution in [0.1, 0.15) is 6.92 Å². The summed E-state index contributed by atoms with van der Waals surface area (Å²) in [4.78, 5) is 37.5. The third-order valence-electron chi connectivity index (χ3n) is 2.13. The summed E-state index contributed by atoms with van der Waals surface area (Å²) < 4.78 is 8.94. The van der Waals surface area contributed by atoms with Gasteiger partial charge in [0.2, 0.25) is 0 Å². The highest BCUT2D eigenvalue weighted by Gasteiger charge is 2.32. The van der Waals surface area contributed by atoms with Gasteiger partial charge in [0, 0.05) is 0 Å². The van der Waals surface area contributed by atoms with Gasteiger partial charge in [-0.1, -0.05) is 0 Å². The van der Waals surface area contributed by atoms with Crippen LogP contribution >= 0.6 is 0 Å². The first kappa shape index (κ1) is 12.1. The van der Waals surface area contributed by atoms with Crippen LogP contribution in [0, 0.1) is 5.92 Å². The summed E-state index contributed by atoms with van der Waals surface area (Å²) in [5.41, 5.74) is 0.342. The minimum Gasteiger partial charge on any atom is -0.468 e. The minimum atomic E-state index is -1.16. The van der Waals surface area contributed by atoms with Gasteiger partial charge in [-0.2, -0.15) is 0 Å². The maximum absolute atomic E-state index is 11.4. The standard InChI is InChI=1S/C10H11NO5/c1-5-6(9(13)15-2)4-7(8(12)11-5)10(14)16-3/h4,7H,1-3H3. The number of dihydropyridines is 1. The number of carbonyl (C=O) groups is 3. The van der Waals surface area contributed by atoms with Crippen molar-refractivity contribution in [1.82, 2.24) is 0 Å². The molecule has 1 amide bonds. The highest BCUT2D eigenvalue weighted by Crippen LogP contribution is 2.16. The first-order chi connectivity index (χ1) is 7.51. The topological polar surface area (TPSA) is 82.0 Å². The lowest BCUT2D eigenvalue weighted by atomic mass is 9.99. The number of nitrogens with zero attached hydrogens (tertiary/aromatic N) is 1. The summed E-state index contributed by atoms with van der Waals surface area (Å²) in [5, 5.41) is 0. The summed E-state index contributed by atoms with van der Waals surface area (Å²) in [6.45, 7) is 1.49. The van der Waals surface area contributed by atoms with E-state index in [0.29, 0.717) is 0 Å². The Kier molecular flexibility index (Phi) is 3.55. The van der Waals surface area contributed by atoms with E-state index in [1.54, 1.807) is 0 Å². The van der Waals surface area contributed by atoms with Gasteiger partial charge < -0.3 is 9.47 Å². The largest absolute Gasteiger partial charge is 0.468 e. The van der Waals surface area contributed by atoms with E-state index in [2.05, 4.69) is 14.5 Å². The van der Waals surface area contributed by atoms with Crippen molar-refractivity contribution < 1.29 is 23.9 Å². The van der Waals surface area contributed by atoms with Gasteiger partial charge in [-0.25, -0.2) is 9.79 Å². The number of amides is 1. The van der Waals surface area contributed by atoms with Crippen molar-refractivity contribution in [2.75, 3.05) is 14.2 Å². The monoisotopic (exact) mass is 225 g/mol. The molecule has 0 fully saturated rings. The second kappa shape index (κ2) is 4.69. The summed E-state index contributed by atoms with van der Waals surface area (Å²) in [7, 11) is 2.37. The molecule has 1 aliphatic heterocycles. The molecule has 1 atom stereocenters. The molecule has 0 aromatic heterocycles. The van der Waals surface area contributed by atoms with Crippen LogP contribution in [0.25, 0.3) is 0 Å². The molecule has 1 heterocycles. The molecule has 0 saturated carbocycles. The fourth-order valence-electron chi connectivity index (χ4n) is 1.28. The Morgan fingerprint density at radius 3 is 2.44 bits per heavy atom. The molecule has 6 heteroatoms. The van der Waals surface area contributed by atoms with E-state index in [1.807, 2.05) is 0 Å². The number of carbonyl (C=O) groups excluding carboxylic acids is 3. The number of aliphatic imine (C=N–C) groups is 1. The normalized spacial score (nSPS) is 19.7. The molecule has 16 heavy (non-hydrogen) atoms. The molecular formula is C10H11NO5. The van der Waals surface area contributed by atoms with E-state index in [0.717, 1.165) is 7.11 Å². The number of methoxy groups -OCH3 is 2. The van der Waals surface area contributed by atoms with Crippen LogP contribution in [0.2, 0.25) is 0 Å². The van der Waals surface area contributed by atoms with Gasteiger partial charge in [-0.15, -0.1) is 0 Å². The van der Waals surface area contributed by atoms with E-state index < -0.39 is 23.8 Å². The zero-order valence-electron chi connectivity index (χ0n) is 9.14. The Bertz CT molecular complexity index is 407. The van der Waals surface area contributed by atoms with Crippen molar-refractivity contribution in [2.45, 2.75) is 6.92 Å². The predicted molar refractivity (Wildman–Crippen MR) is 53.7 cm³/mol. The van der Waals surface area contributed by atoms with E-state index >= 15 is 0 Å². The maximum atomic E-state index is 11.4. The van der Waals surface area contributed by atoms with Crippen LogP contribution in [-0.4, -0.2) is 37.8 Å². The first-order valence-electron chi connectivity index (χ1n) is 4.48. The lowest BCUT2D eigenvalue weighted by Crippen LogP contribution is -2.29. The van der Waals surface area contributed by atoms with Crippen molar-refractivity contribution >= 4 is 23.6 Å². The highest BCUT2D eigenvalue weighted by atomic mass is 16.5. The van der Waals surface area contributed by atoms with Crippen LogP contribution < -0.4 is 0 Å². The Morgan fingerprint density at radius 2 is 1.94 bits per heavy atom. The maximum Gasteiger partial charge on any atom is 0.339 e. The third-order valence-corrected chi connectivity index (χ3v) is 2.13. The molecule has 0 aromatic carbocycles. The molecule has 1 rings (SSSR count). The summed E-state index contributed by atoms with van der Waals surface area (Å²) in [6.07, 6.45) is 1.21. The van der Waals surface area contributed by atoms with Crippen molar-refractivity contribution in [3.8, 4) is 0 Å². The van der Waals surface area contributed by atoms with E-state index in [1.165, 1.54) is 20.1 Å². The van der Waals surface area contributed by atoms with Crippen LogP contribution in [0.5, 0.6) is 0 Å². The van der Waals surface area contributed by atoms with Gasteiger partial charge in [0.25, 0.3) is 5.91 Å². The van der Waals surface area contributed by atoms with Crippen molar-refractivity contribution in [3.63, 3.8) is 0 Å². The molecule has 0 radical (unpaired) electrons. The van der Waals surface area contributed by atoms with E-state index in [-0.39, 0.29) is 11.3 Å². The number of ether oxygens (including phenoxy) is 2. The molecule has 0 N–H and O–H groups in total. The van der Waals surface area contributed by atoms with Crippen LogP contribution in [-0.2, 0) is 23.9 Å². The molecule has 1 unspecified atom stereocenters. The molecule has 0 spiro atoms. The lowest BCUT2D eigenvalue weighted by Gasteiger charge is -2.14. The smallest absolute Gasteiger partial charge is 0.339 e. The molecule has 86 valence electrons. The van der Waals surface area contributed by atoms with Crippen LogP contribution in [0.15, 0.2) is 16.6 Å². The van der Waals surface area contributed by atoms with Gasteiger partial charge in [-0.3, -0.25) is 9.59 Å². The number of esters is 2. The summed E-state index contributed by atoms with van der Waals surface area (Å²) >= 11 is 0. The van der Waals surface area contributed by atoms with Crippen molar-refractivity contribution in [1.29, 1.82) is 0 Å². The molecule has 6 nitrogen and oxygen atoms in total. The second-order valence-corrected chi connectivity index (χ2v) is 3.11. The van der Waals surface area contributed by atoms with Gasteiger partial charge in [0.05, 0.1) is 25.5 Å². The summed E-state index contributed by atoms with van der Waals surface area (Å²) in [6, 6.07) is 0. The van der Waals surface area contributed by atoms with E-state index in [9.17, 15) is 14.4 Å². The lowest BCUT2D eigenvalue weighted by molar-refractivity contribution is -0.147. The number of hydrogen-bond acceptors (Lipinski definition) is 5. The SMILES string of the molecule is COC(=O)C1=CC(C(=O)OC)C(=O)N=C1C. The van der Waals surface area contributed by atoms with Gasteiger partial charge >= 0.3 is 11.9 Å². The number of hydrogen-bond donors (Lipinski definition) is 0. The van der Waals surface area contributed by atoms with Gasteiger partial charge in [-0.05, 0) is 13.0 Å². The van der Waals surface area contributed by atoms with Gasteiger partial charge in [0.15, 0.2) is 5.92 Å². The zero-order chi connectivity index (χ0) is 12.3. The highest BCUT2D eigenvalue weighted by molar-refractivity contribution is 6.24. The zero-order valence-corrected chi connectivity index (χ0v) is 9.14. The first-order valence-corrected chi connectivity index (χ1v) is 4.48.